The molecule has 1 atom stereocenters. The number of ether oxygens (including phenoxy) is 1. The van der Waals surface area contributed by atoms with E-state index in [-0.39, 0.29) is 23.3 Å². The molecular weight excluding hydrogens is 355 g/mol. The van der Waals surface area contributed by atoms with E-state index in [1.165, 1.54) is 17.7 Å². The topological polar surface area (TPSA) is 55.6 Å². The highest BCUT2D eigenvalue weighted by Gasteiger charge is 2.54. The van der Waals surface area contributed by atoms with Gasteiger partial charge in [0.05, 0.1) is 12.6 Å². The number of nitrogens with zero attached hydrogens (tertiary/aromatic N) is 1. The molecule has 1 aliphatic carbocycles. The van der Waals surface area contributed by atoms with Gasteiger partial charge in [-0.25, -0.2) is 4.39 Å². The Labute approximate surface area is 164 Å². The SMILES string of the molecule is NC12CCC(C(=O)N3CCc4ccccc4[C@@H]3c3ccc(F)cc3)(CC1)OC2. The second-order valence-corrected chi connectivity index (χ2v) is 8.55. The maximum atomic E-state index is 13.8. The first kappa shape index (κ1) is 17.8. The molecular formula is C23H25FN2O2. The molecule has 0 unspecified atom stereocenters. The summed E-state index contributed by atoms with van der Waals surface area (Å²) in [6, 6.07) is 14.5. The molecule has 5 heteroatoms. The first-order valence-electron chi connectivity index (χ1n) is 10.1. The van der Waals surface area contributed by atoms with Gasteiger partial charge in [0.1, 0.15) is 11.4 Å². The lowest BCUT2D eigenvalue weighted by molar-refractivity contribution is -0.188. The van der Waals surface area contributed by atoms with Crippen molar-refractivity contribution in [3.8, 4) is 0 Å². The molecule has 2 aromatic carbocycles. The van der Waals surface area contributed by atoms with Crippen molar-refractivity contribution >= 4 is 5.91 Å². The van der Waals surface area contributed by atoms with Crippen molar-refractivity contribution in [2.45, 2.75) is 49.3 Å². The number of carbonyl (C=O) groups excluding carboxylic acids is 1. The third-order valence-electron chi connectivity index (χ3n) is 6.81. The van der Waals surface area contributed by atoms with Crippen LogP contribution in [0.3, 0.4) is 0 Å². The quantitative estimate of drug-likeness (QED) is 0.869. The number of hydrogen-bond acceptors (Lipinski definition) is 3. The van der Waals surface area contributed by atoms with Crippen LogP contribution in [0.1, 0.15) is 48.4 Å². The molecule has 1 saturated carbocycles. The average Bonchev–Trinajstić information content (AvgIpc) is 2.74. The summed E-state index contributed by atoms with van der Waals surface area (Å²) in [5.74, 6) is -0.218. The van der Waals surface area contributed by atoms with Crippen molar-refractivity contribution in [3.63, 3.8) is 0 Å². The number of amides is 1. The van der Waals surface area contributed by atoms with E-state index in [0.29, 0.717) is 26.0 Å². The van der Waals surface area contributed by atoms with Crippen LogP contribution in [0, 0.1) is 5.82 Å². The number of hydrogen-bond donors (Lipinski definition) is 1. The van der Waals surface area contributed by atoms with Gasteiger partial charge in [-0.3, -0.25) is 4.79 Å². The third kappa shape index (κ3) is 2.76. The van der Waals surface area contributed by atoms with Crippen molar-refractivity contribution in [2.75, 3.05) is 13.2 Å². The van der Waals surface area contributed by atoms with E-state index in [9.17, 15) is 9.18 Å². The Morgan fingerprint density at radius 2 is 1.79 bits per heavy atom. The zero-order chi connectivity index (χ0) is 19.4. The monoisotopic (exact) mass is 380 g/mol. The van der Waals surface area contributed by atoms with Crippen LogP contribution in [0.15, 0.2) is 48.5 Å². The minimum absolute atomic E-state index is 0.0538. The van der Waals surface area contributed by atoms with Crippen LogP contribution in [-0.2, 0) is 16.0 Å². The first-order valence-corrected chi connectivity index (χ1v) is 10.1. The van der Waals surface area contributed by atoms with Crippen molar-refractivity contribution in [1.82, 2.24) is 4.90 Å². The maximum absolute atomic E-state index is 13.8. The molecule has 2 N–H and O–H groups in total. The van der Waals surface area contributed by atoms with Gasteiger partial charge in [-0.2, -0.15) is 0 Å². The van der Waals surface area contributed by atoms with Crippen molar-refractivity contribution in [3.05, 3.63) is 71.0 Å². The Hall–Kier alpha value is -2.24. The van der Waals surface area contributed by atoms with Crippen LogP contribution in [0.25, 0.3) is 0 Å². The first-order chi connectivity index (χ1) is 13.5. The van der Waals surface area contributed by atoms with Crippen LogP contribution in [0.4, 0.5) is 4.39 Å². The lowest BCUT2D eigenvalue weighted by Crippen LogP contribution is -2.65. The van der Waals surface area contributed by atoms with Crippen molar-refractivity contribution in [2.24, 2.45) is 5.73 Å². The minimum Gasteiger partial charge on any atom is -0.363 e. The van der Waals surface area contributed by atoms with Crippen LogP contribution >= 0.6 is 0 Å². The number of benzene rings is 2. The van der Waals surface area contributed by atoms with E-state index in [4.69, 9.17) is 10.5 Å². The van der Waals surface area contributed by atoms with Gasteiger partial charge in [-0.1, -0.05) is 36.4 Å². The minimum atomic E-state index is -0.758. The van der Waals surface area contributed by atoms with E-state index in [2.05, 4.69) is 12.1 Å². The normalized spacial score (nSPS) is 31.5. The van der Waals surface area contributed by atoms with Gasteiger partial charge in [0, 0.05) is 12.1 Å². The predicted molar refractivity (Wildman–Crippen MR) is 104 cm³/mol. The van der Waals surface area contributed by atoms with Gasteiger partial charge >= 0.3 is 0 Å². The van der Waals surface area contributed by atoms with Gasteiger partial charge in [0.25, 0.3) is 5.91 Å². The number of fused-ring (bicyclic) bond motifs is 4. The standard InChI is InChI=1S/C23H25FN2O2/c24-18-7-5-17(6-8-18)20-19-4-2-1-3-16(19)9-14-26(20)21(27)23-12-10-22(25,11-13-23)15-28-23/h1-8,20H,9-15,25H2/t20-,22?,23?/m0/s1. The highest BCUT2D eigenvalue weighted by atomic mass is 19.1. The molecule has 6 rings (SSSR count). The second-order valence-electron chi connectivity index (χ2n) is 8.55. The van der Waals surface area contributed by atoms with Gasteiger partial charge in [-0.05, 0) is 60.9 Å². The molecule has 0 aromatic heterocycles. The molecule has 2 bridgehead atoms. The molecule has 2 aromatic rings. The largest absolute Gasteiger partial charge is 0.363 e. The number of rotatable bonds is 2. The molecule has 146 valence electrons. The summed E-state index contributed by atoms with van der Waals surface area (Å²) in [5.41, 5.74) is 8.60. The fourth-order valence-electron chi connectivity index (χ4n) is 5.05. The molecule has 0 spiro atoms. The fourth-order valence-corrected chi connectivity index (χ4v) is 5.05. The Kier molecular flexibility index (Phi) is 4.07. The summed E-state index contributed by atoms with van der Waals surface area (Å²) in [7, 11) is 0. The zero-order valence-corrected chi connectivity index (χ0v) is 15.9. The predicted octanol–water partition coefficient (Wildman–Crippen LogP) is 3.34. The summed E-state index contributed by atoms with van der Waals surface area (Å²) in [6.45, 7) is 1.08. The second kappa shape index (κ2) is 6.39. The molecule has 3 heterocycles. The van der Waals surface area contributed by atoms with E-state index < -0.39 is 5.60 Å². The third-order valence-corrected chi connectivity index (χ3v) is 6.81. The maximum Gasteiger partial charge on any atom is 0.255 e. The van der Waals surface area contributed by atoms with Gasteiger partial charge in [0.15, 0.2) is 0 Å². The number of halogens is 1. The molecule has 28 heavy (non-hydrogen) atoms. The molecule has 3 fully saturated rings. The van der Waals surface area contributed by atoms with Crippen LogP contribution < -0.4 is 5.73 Å². The summed E-state index contributed by atoms with van der Waals surface area (Å²) < 4.78 is 19.6. The Balaban J connectivity index is 1.54. The molecule has 3 aliphatic heterocycles. The number of nitrogens with two attached hydrogens (primary N) is 1. The van der Waals surface area contributed by atoms with Crippen LogP contribution in [0.5, 0.6) is 0 Å². The van der Waals surface area contributed by atoms with Gasteiger partial charge < -0.3 is 15.4 Å². The van der Waals surface area contributed by atoms with Gasteiger partial charge in [0.2, 0.25) is 0 Å². The lowest BCUT2D eigenvalue weighted by atomic mass is 9.70. The van der Waals surface area contributed by atoms with Crippen molar-refractivity contribution in [1.29, 1.82) is 0 Å². The Morgan fingerprint density at radius 3 is 2.46 bits per heavy atom. The Morgan fingerprint density at radius 1 is 1.07 bits per heavy atom. The molecule has 4 nitrogen and oxygen atoms in total. The Bertz CT molecular complexity index is 887. The summed E-state index contributed by atoms with van der Waals surface area (Å²) in [4.78, 5) is 15.7. The highest BCUT2D eigenvalue weighted by Crippen LogP contribution is 2.46. The fraction of sp³-hybridized carbons (Fsp3) is 0.435. The molecule has 4 aliphatic rings. The summed E-state index contributed by atoms with van der Waals surface area (Å²) >= 11 is 0. The smallest absolute Gasteiger partial charge is 0.255 e. The summed E-state index contributed by atoms with van der Waals surface area (Å²) in [6.07, 6.45) is 3.82. The zero-order valence-electron chi connectivity index (χ0n) is 15.9. The van der Waals surface area contributed by atoms with E-state index in [0.717, 1.165) is 30.4 Å². The van der Waals surface area contributed by atoms with E-state index >= 15 is 0 Å². The van der Waals surface area contributed by atoms with Crippen LogP contribution in [0.2, 0.25) is 0 Å². The molecule has 0 radical (unpaired) electrons. The molecule has 2 saturated heterocycles. The van der Waals surface area contributed by atoms with E-state index in [1.807, 2.05) is 17.0 Å². The number of carbonyl (C=O) groups is 1. The van der Waals surface area contributed by atoms with E-state index in [1.54, 1.807) is 12.1 Å². The van der Waals surface area contributed by atoms with Crippen molar-refractivity contribution < 1.29 is 13.9 Å². The lowest BCUT2D eigenvalue weighted by Gasteiger charge is -2.52. The van der Waals surface area contributed by atoms with Crippen LogP contribution in [-0.4, -0.2) is 35.1 Å². The highest BCUT2D eigenvalue weighted by molar-refractivity contribution is 5.87. The van der Waals surface area contributed by atoms with Gasteiger partial charge in [-0.15, -0.1) is 0 Å². The summed E-state index contributed by atoms with van der Waals surface area (Å²) in [5, 5.41) is 0. The average molecular weight is 380 g/mol. The molecule has 1 amide bonds.